The maximum absolute atomic E-state index is 12.7. The molecule has 23 heavy (non-hydrogen) atoms. The molecule has 3 rings (SSSR count). The summed E-state index contributed by atoms with van der Waals surface area (Å²) >= 11 is 6.23. The van der Waals surface area contributed by atoms with Crippen LogP contribution in [0.3, 0.4) is 0 Å². The first-order valence-corrected chi connectivity index (χ1v) is 8.77. The number of likely N-dealkylation sites (tertiary alicyclic amines) is 1. The van der Waals surface area contributed by atoms with E-state index >= 15 is 0 Å². The largest absolute Gasteiger partial charge is 0.385 e. The van der Waals surface area contributed by atoms with E-state index in [4.69, 9.17) is 16.3 Å². The van der Waals surface area contributed by atoms with Crippen LogP contribution in [0.1, 0.15) is 38.2 Å². The van der Waals surface area contributed by atoms with Crippen molar-refractivity contribution in [2.24, 2.45) is 5.92 Å². The fraction of sp³-hybridized carbons (Fsp3) is 0.611. The van der Waals surface area contributed by atoms with Crippen molar-refractivity contribution in [2.75, 3.05) is 19.7 Å². The number of carbonyl (C=O) groups excluding carboxylic acids is 1. The van der Waals surface area contributed by atoms with Crippen molar-refractivity contribution in [3.05, 3.63) is 34.9 Å². The van der Waals surface area contributed by atoms with Crippen molar-refractivity contribution in [1.82, 2.24) is 4.90 Å². The van der Waals surface area contributed by atoms with Crippen LogP contribution >= 0.6 is 11.6 Å². The number of nitrogens with zero attached hydrogens (tertiary/aromatic N) is 1. The van der Waals surface area contributed by atoms with Crippen LogP contribution in [-0.2, 0) is 15.1 Å². The topological polar surface area (TPSA) is 49.8 Å². The summed E-state index contributed by atoms with van der Waals surface area (Å²) in [5, 5.41) is 11.5. The van der Waals surface area contributed by atoms with Crippen LogP contribution < -0.4 is 0 Å². The number of ether oxygens (including phenoxy) is 1. The van der Waals surface area contributed by atoms with E-state index in [-0.39, 0.29) is 17.9 Å². The molecule has 0 radical (unpaired) electrons. The molecule has 0 bridgehead atoms. The summed E-state index contributed by atoms with van der Waals surface area (Å²) in [6.07, 6.45) is 2.86. The van der Waals surface area contributed by atoms with Gasteiger partial charge in [0.15, 0.2) is 0 Å². The molecule has 4 nitrogen and oxygen atoms in total. The van der Waals surface area contributed by atoms with Crippen LogP contribution in [0.25, 0.3) is 0 Å². The third-order valence-corrected chi connectivity index (χ3v) is 5.53. The van der Waals surface area contributed by atoms with E-state index in [1.807, 2.05) is 30.0 Å². The molecule has 0 spiro atoms. The molecule has 2 saturated heterocycles. The van der Waals surface area contributed by atoms with Gasteiger partial charge in [-0.2, -0.15) is 0 Å². The average molecular weight is 338 g/mol. The van der Waals surface area contributed by atoms with E-state index in [9.17, 15) is 9.90 Å². The van der Waals surface area contributed by atoms with Crippen molar-refractivity contribution >= 4 is 17.5 Å². The number of hydrogen-bond acceptors (Lipinski definition) is 3. The van der Waals surface area contributed by atoms with E-state index in [0.29, 0.717) is 31.0 Å². The molecule has 2 fully saturated rings. The van der Waals surface area contributed by atoms with Crippen molar-refractivity contribution < 1.29 is 14.6 Å². The van der Waals surface area contributed by atoms with Crippen molar-refractivity contribution in [2.45, 2.75) is 44.3 Å². The Balaban J connectivity index is 1.66. The summed E-state index contributed by atoms with van der Waals surface area (Å²) in [4.78, 5) is 14.6. The smallest absolute Gasteiger partial charge is 0.228 e. The highest BCUT2D eigenvalue weighted by molar-refractivity contribution is 6.31. The van der Waals surface area contributed by atoms with Gasteiger partial charge in [0.25, 0.3) is 0 Å². The molecule has 0 aliphatic carbocycles. The molecular weight excluding hydrogens is 314 g/mol. The number of aliphatic hydroxyl groups is 1. The quantitative estimate of drug-likeness (QED) is 0.902. The normalized spacial score (nSPS) is 27.7. The second-order valence-corrected chi connectivity index (χ2v) is 7.07. The van der Waals surface area contributed by atoms with Crippen LogP contribution in [0.4, 0.5) is 0 Å². The maximum atomic E-state index is 12.7. The first kappa shape index (κ1) is 16.7. The predicted octanol–water partition coefficient (Wildman–Crippen LogP) is 2.97. The molecule has 1 aromatic carbocycles. The highest BCUT2D eigenvalue weighted by Crippen LogP contribution is 2.37. The Hall–Kier alpha value is -1.10. The Labute approximate surface area is 142 Å². The number of carbonyl (C=O) groups is 1. The van der Waals surface area contributed by atoms with Gasteiger partial charge in [-0.3, -0.25) is 4.79 Å². The molecule has 2 aliphatic heterocycles. The zero-order valence-electron chi connectivity index (χ0n) is 13.5. The molecule has 2 unspecified atom stereocenters. The highest BCUT2D eigenvalue weighted by atomic mass is 35.5. The first-order valence-electron chi connectivity index (χ1n) is 8.39. The lowest BCUT2D eigenvalue weighted by Crippen LogP contribution is -2.49. The Bertz CT molecular complexity index is 569. The third kappa shape index (κ3) is 3.39. The van der Waals surface area contributed by atoms with E-state index in [1.165, 1.54) is 0 Å². The molecular formula is C18H24ClNO3. The SMILES string of the molecule is CC1OCCCC1C(=O)N1CCC(O)(c2ccccc2Cl)CC1. The zero-order valence-corrected chi connectivity index (χ0v) is 14.3. The van der Waals surface area contributed by atoms with Crippen LogP contribution in [0.2, 0.25) is 5.02 Å². The number of rotatable bonds is 2. The van der Waals surface area contributed by atoms with Gasteiger partial charge in [0, 0.05) is 30.3 Å². The molecule has 0 saturated carbocycles. The zero-order chi connectivity index (χ0) is 16.4. The van der Waals surface area contributed by atoms with Crippen LogP contribution in [0.5, 0.6) is 0 Å². The van der Waals surface area contributed by atoms with E-state index in [0.717, 1.165) is 25.0 Å². The lowest BCUT2D eigenvalue weighted by atomic mass is 9.83. The Morgan fingerprint density at radius 2 is 2.04 bits per heavy atom. The molecule has 2 aliphatic rings. The van der Waals surface area contributed by atoms with Crippen LogP contribution in [-0.4, -0.2) is 41.7 Å². The van der Waals surface area contributed by atoms with Crippen molar-refractivity contribution in [3.63, 3.8) is 0 Å². The third-order valence-electron chi connectivity index (χ3n) is 5.20. The Morgan fingerprint density at radius 1 is 1.35 bits per heavy atom. The molecule has 2 heterocycles. The molecule has 1 aromatic rings. The van der Waals surface area contributed by atoms with Gasteiger partial charge in [-0.1, -0.05) is 29.8 Å². The summed E-state index contributed by atoms with van der Waals surface area (Å²) in [5.74, 6) is 0.119. The Kier molecular flexibility index (Phi) is 4.95. The minimum atomic E-state index is -0.941. The second kappa shape index (κ2) is 6.80. The van der Waals surface area contributed by atoms with Gasteiger partial charge in [-0.15, -0.1) is 0 Å². The number of piperidine rings is 1. The number of amides is 1. The van der Waals surface area contributed by atoms with Gasteiger partial charge in [0.1, 0.15) is 0 Å². The van der Waals surface area contributed by atoms with E-state index in [1.54, 1.807) is 6.07 Å². The minimum Gasteiger partial charge on any atom is -0.385 e. The molecule has 5 heteroatoms. The van der Waals surface area contributed by atoms with Crippen LogP contribution in [0.15, 0.2) is 24.3 Å². The fourth-order valence-electron chi connectivity index (χ4n) is 3.69. The molecule has 1 N–H and O–H groups in total. The fourth-order valence-corrected chi connectivity index (χ4v) is 4.00. The Morgan fingerprint density at radius 3 is 2.70 bits per heavy atom. The summed E-state index contributed by atoms with van der Waals surface area (Å²) in [7, 11) is 0. The number of hydrogen-bond donors (Lipinski definition) is 1. The van der Waals surface area contributed by atoms with E-state index in [2.05, 4.69) is 0 Å². The van der Waals surface area contributed by atoms with Gasteiger partial charge >= 0.3 is 0 Å². The van der Waals surface area contributed by atoms with Gasteiger partial charge < -0.3 is 14.7 Å². The summed E-state index contributed by atoms with van der Waals surface area (Å²) in [6.45, 7) is 3.84. The highest BCUT2D eigenvalue weighted by Gasteiger charge is 2.39. The monoisotopic (exact) mass is 337 g/mol. The molecule has 0 aromatic heterocycles. The first-order chi connectivity index (χ1) is 11.0. The molecule has 126 valence electrons. The van der Waals surface area contributed by atoms with Gasteiger partial charge in [0.2, 0.25) is 5.91 Å². The maximum Gasteiger partial charge on any atom is 0.228 e. The summed E-state index contributed by atoms with van der Waals surface area (Å²) in [5.41, 5.74) is -0.174. The van der Waals surface area contributed by atoms with Gasteiger partial charge in [-0.25, -0.2) is 0 Å². The van der Waals surface area contributed by atoms with Crippen LogP contribution in [0, 0.1) is 5.92 Å². The summed E-state index contributed by atoms with van der Waals surface area (Å²) in [6, 6.07) is 7.42. The average Bonchev–Trinajstić information content (AvgIpc) is 2.56. The standard InChI is InChI=1S/C18H24ClNO3/c1-13-14(5-4-12-23-13)17(21)20-10-8-18(22,9-11-20)15-6-2-3-7-16(15)19/h2-3,6-7,13-14,22H,4-5,8-12H2,1H3. The lowest BCUT2D eigenvalue weighted by Gasteiger charge is -2.41. The van der Waals surface area contributed by atoms with Crippen molar-refractivity contribution in [3.8, 4) is 0 Å². The molecule has 2 atom stereocenters. The minimum absolute atomic E-state index is 0.0133. The predicted molar refractivity (Wildman–Crippen MR) is 89.3 cm³/mol. The molecule has 1 amide bonds. The van der Waals surface area contributed by atoms with Gasteiger partial charge in [0.05, 0.1) is 17.6 Å². The summed E-state index contributed by atoms with van der Waals surface area (Å²) < 4.78 is 5.61. The van der Waals surface area contributed by atoms with Crippen molar-refractivity contribution in [1.29, 1.82) is 0 Å². The number of benzene rings is 1. The van der Waals surface area contributed by atoms with Gasteiger partial charge in [-0.05, 0) is 38.7 Å². The second-order valence-electron chi connectivity index (χ2n) is 6.66. The van der Waals surface area contributed by atoms with E-state index < -0.39 is 5.60 Å². The lowest BCUT2D eigenvalue weighted by molar-refractivity contribution is -0.148. The number of halogens is 1.